The second kappa shape index (κ2) is 7.32. The third-order valence-electron chi connectivity index (χ3n) is 1.84. The number of carboxylic acid groups (broad SMARTS) is 1. The average Bonchev–Trinajstić information content (AvgIpc) is 2.12. The third-order valence-corrected chi connectivity index (χ3v) is 1.84. The van der Waals surface area contributed by atoms with E-state index < -0.39 is 5.97 Å². The first-order valence-corrected chi connectivity index (χ1v) is 4.81. The van der Waals surface area contributed by atoms with Crippen LogP contribution in [0.5, 0.6) is 0 Å². The highest BCUT2D eigenvalue weighted by Crippen LogP contribution is 1.91. The highest BCUT2D eigenvalue weighted by molar-refractivity contribution is 5.76. The van der Waals surface area contributed by atoms with Crippen LogP contribution < -0.4 is 5.32 Å². The van der Waals surface area contributed by atoms with Crippen LogP contribution in [0.4, 0.5) is 0 Å². The monoisotopic (exact) mass is 202 g/mol. The molecule has 0 fully saturated rings. The zero-order valence-corrected chi connectivity index (χ0v) is 8.75. The van der Waals surface area contributed by atoms with Gasteiger partial charge in [0.2, 0.25) is 5.91 Å². The van der Waals surface area contributed by atoms with E-state index in [-0.39, 0.29) is 12.5 Å². The van der Waals surface area contributed by atoms with Gasteiger partial charge in [0.25, 0.3) is 0 Å². The summed E-state index contributed by atoms with van der Waals surface area (Å²) < 4.78 is 0. The first kappa shape index (κ1) is 12.9. The Balaban J connectivity index is 3.71. The van der Waals surface area contributed by atoms with Crippen molar-refractivity contribution in [2.45, 2.75) is 20.3 Å². The van der Waals surface area contributed by atoms with E-state index in [0.29, 0.717) is 26.1 Å². The van der Waals surface area contributed by atoms with E-state index in [4.69, 9.17) is 5.11 Å². The van der Waals surface area contributed by atoms with Crippen LogP contribution in [0, 0.1) is 0 Å². The molecule has 0 atom stereocenters. The molecule has 0 aromatic heterocycles. The van der Waals surface area contributed by atoms with Crippen molar-refractivity contribution in [1.29, 1.82) is 0 Å². The van der Waals surface area contributed by atoms with Crippen molar-refractivity contribution in [3.05, 3.63) is 0 Å². The Labute approximate surface area is 84.1 Å². The number of carbonyl (C=O) groups is 2. The average molecular weight is 202 g/mol. The maximum Gasteiger partial charge on any atom is 0.317 e. The molecule has 82 valence electrons. The molecule has 2 N–H and O–H groups in total. The predicted molar refractivity (Wildman–Crippen MR) is 53.1 cm³/mol. The molecule has 14 heavy (non-hydrogen) atoms. The smallest absolute Gasteiger partial charge is 0.317 e. The minimum absolute atomic E-state index is 0.00406. The minimum Gasteiger partial charge on any atom is -0.480 e. The Bertz CT molecular complexity index is 194. The van der Waals surface area contributed by atoms with Crippen LogP contribution in [-0.4, -0.2) is 48.1 Å². The van der Waals surface area contributed by atoms with E-state index >= 15 is 0 Å². The largest absolute Gasteiger partial charge is 0.480 e. The first-order chi connectivity index (χ1) is 6.60. The van der Waals surface area contributed by atoms with Crippen molar-refractivity contribution in [2.24, 2.45) is 0 Å². The van der Waals surface area contributed by atoms with Crippen LogP contribution in [0.25, 0.3) is 0 Å². The van der Waals surface area contributed by atoms with Gasteiger partial charge in [-0.25, -0.2) is 0 Å². The van der Waals surface area contributed by atoms with Crippen LogP contribution in [-0.2, 0) is 9.59 Å². The maximum atomic E-state index is 11.1. The zero-order valence-electron chi connectivity index (χ0n) is 8.75. The van der Waals surface area contributed by atoms with Gasteiger partial charge >= 0.3 is 5.97 Å². The van der Waals surface area contributed by atoms with Crippen molar-refractivity contribution in [3.63, 3.8) is 0 Å². The van der Waals surface area contributed by atoms with Crippen LogP contribution in [0.3, 0.4) is 0 Å². The number of likely N-dealkylation sites (N-methyl/N-ethyl adjacent to an activating group) is 1. The number of carbonyl (C=O) groups excluding carboxylic acids is 1. The minimum atomic E-state index is -0.859. The van der Waals surface area contributed by atoms with Gasteiger partial charge in [0.1, 0.15) is 0 Å². The number of carboxylic acids is 1. The third kappa shape index (κ3) is 6.42. The standard InChI is InChI=1S/C9H18N2O3/c1-3-10-8(12)5-6-11(4-2)7-9(13)14/h3-7H2,1-2H3,(H,10,12)(H,13,14). The number of nitrogens with one attached hydrogen (secondary N) is 1. The molecule has 0 saturated heterocycles. The van der Waals surface area contributed by atoms with Gasteiger partial charge in [-0.3, -0.25) is 14.5 Å². The molecule has 0 radical (unpaired) electrons. The molecule has 0 spiro atoms. The van der Waals surface area contributed by atoms with Crippen LogP contribution in [0.2, 0.25) is 0 Å². The SMILES string of the molecule is CCNC(=O)CCN(CC)CC(=O)O. The summed E-state index contributed by atoms with van der Waals surface area (Å²) in [4.78, 5) is 23.2. The number of rotatable bonds is 7. The second-order valence-electron chi connectivity index (χ2n) is 2.97. The number of nitrogens with zero attached hydrogens (tertiary/aromatic N) is 1. The zero-order chi connectivity index (χ0) is 11.0. The molecule has 0 unspecified atom stereocenters. The first-order valence-electron chi connectivity index (χ1n) is 4.81. The molecule has 0 aliphatic rings. The van der Waals surface area contributed by atoms with Crippen molar-refractivity contribution in [2.75, 3.05) is 26.2 Å². The summed E-state index contributed by atoms with van der Waals surface area (Å²) in [6.45, 7) is 5.48. The Kier molecular flexibility index (Phi) is 6.74. The van der Waals surface area contributed by atoms with Gasteiger partial charge in [0.05, 0.1) is 6.54 Å². The summed E-state index contributed by atoms with van der Waals surface area (Å²) in [6.07, 6.45) is 0.356. The molecular formula is C9H18N2O3. The van der Waals surface area contributed by atoms with Gasteiger partial charge in [0.15, 0.2) is 0 Å². The molecule has 0 bridgehead atoms. The summed E-state index contributed by atoms with van der Waals surface area (Å²) in [6, 6.07) is 0. The van der Waals surface area contributed by atoms with E-state index in [9.17, 15) is 9.59 Å². The Morgan fingerprint density at radius 2 is 2.00 bits per heavy atom. The molecule has 1 amide bonds. The number of hydrogen-bond acceptors (Lipinski definition) is 3. The molecule has 0 rings (SSSR count). The van der Waals surface area contributed by atoms with E-state index in [1.165, 1.54) is 0 Å². The predicted octanol–water partition coefficient (Wildman–Crippen LogP) is -0.0809. The summed E-state index contributed by atoms with van der Waals surface area (Å²) in [7, 11) is 0. The van der Waals surface area contributed by atoms with E-state index in [1.807, 2.05) is 13.8 Å². The Morgan fingerprint density at radius 1 is 1.36 bits per heavy atom. The summed E-state index contributed by atoms with van der Waals surface area (Å²) in [5.74, 6) is -0.890. The van der Waals surface area contributed by atoms with Gasteiger partial charge in [0, 0.05) is 19.5 Å². The molecule has 5 heteroatoms. The topological polar surface area (TPSA) is 69.6 Å². The second-order valence-corrected chi connectivity index (χ2v) is 2.97. The molecule has 0 saturated carbocycles. The molecule has 0 aliphatic carbocycles. The van der Waals surface area contributed by atoms with Crippen LogP contribution in [0.15, 0.2) is 0 Å². The van der Waals surface area contributed by atoms with Gasteiger partial charge in [-0.15, -0.1) is 0 Å². The summed E-state index contributed by atoms with van der Waals surface area (Å²) in [5, 5.41) is 11.2. The van der Waals surface area contributed by atoms with Gasteiger partial charge in [-0.1, -0.05) is 6.92 Å². The van der Waals surface area contributed by atoms with Gasteiger partial charge in [-0.2, -0.15) is 0 Å². The van der Waals surface area contributed by atoms with E-state index in [2.05, 4.69) is 5.32 Å². The highest BCUT2D eigenvalue weighted by Gasteiger charge is 2.08. The molecule has 0 aliphatic heterocycles. The molecule has 0 aromatic rings. The van der Waals surface area contributed by atoms with Gasteiger partial charge < -0.3 is 10.4 Å². The fourth-order valence-electron chi connectivity index (χ4n) is 1.09. The lowest BCUT2D eigenvalue weighted by molar-refractivity contribution is -0.138. The van der Waals surface area contributed by atoms with E-state index in [0.717, 1.165) is 0 Å². The van der Waals surface area contributed by atoms with Crippen molar-refractivity contribution in [1.82, 2.24) is 10.2 Å². The molecule has 0 aromatic carbocycles. The quantitative estimate of drug-likeness (QED) is 0.606. The van der Waals surface area contributed by atoms with E-state index in [1.54, 1.807) is 4.90 Å². The lowest BCUT2D eigenvalue weighted by Crippen LogP contribution is -2.34. The number of hydrogen-bond donors (Lipinski definition) is 2. The number of amides is 1. The van der Waals surface area contributed by atoms with Crippen LogP contribution >= 0.6 is 0 Å². The van der Waals surface area contributed by atoms with Crippen LogP contribution in [0.1, 0.15) is 20.3 Å². The van der Waals surface area contributed by atoms with Gasteiger partial charge in [-0.05, 0) is 13.5 Å². The Morgan fingerprint density at radius 3 is 2.43 bits per heavy atom. The lowest BCUT2D eigenvalue weighted by Gasteiger charge is -2.17. The molecular weight excluding hydrogens is 184 g/mol. The highest BCUT2D eigenvalue weighted by atomic mass is 16.4. The maximum absolute atomic E-state index is 11.1. The molecule has 5 nitrogen and oxygen atoms in total. The van der Waals surface area contributed by atoms with Crippen molar-refractivity contribution in [3.8, 4) is 0 Å². The summed E-state index contributed by atoms with van der Waals surface area (Å²) >= 11 is 0. The normalized spacial score (nSPS) is 10.2. The number of aliphatic carboxylic acids is 1. The molecule has 0 heterocycles. The fourth-order valence-corrected chi connectivity index (χ4v) is 1.09. The van der Waals surface area contributed by atoms with Crippen molar-refractivity contribution < 1.29 is 14.7 Å². The lowest BCUT2D eigenvalue weighted by atomic mass is 10.3. The van der Waals surface area contributed by atoms with Crippen molar-refractivity contribution >= 4 is 11.9 Å². The fraction of sp³-hybridized carbons (Fsp3) is 0.778. The Hall–Kier alpha value is -1.10. The summed E-state index contributed by atoms with van der Waals surface area (Å²) in [5.41, 5.74) is 0.